The molecule has 2 heteroatoms. The summed E-state index contributed by atoms with van der Waals surface area (Å²) in [7, 11) is 0. The third kappa shape index (κ3) is 4.02. The van der Waals surface area contributed by atoms with Crippen LogP contribution in [0.5, 0.6) is 0 Å². The molecule has 1 aliphatic heterocycles. The summed E-state index contributed by atoms with van der Waals surface area (Å²) in [5.74, 6) is 0. The zero-order valence-corrected chi connectivity index (χ0v) is 7.42. The van der Waals surface area contributed by atoms with Crippen LogP contribution in [-0.4, -0.2) is 37.2 Å². The first-order valence-electron chi connectivity index (χ1n) is 3.96. The van der Waals surface area contributed by atoms with E-state index in [-0.39, 0.29) is 0 Å². The van der Waals surface area contributed by atoms with Crippen LogP contribution in [0.3, 0.4) is 0 Å². The Bertz CT molecular complexity index is 103. The van der Waals surface area contributed by atoms with Crippen molar-refractivity contribution in [2.24, 2.45) is 0 Å². The van der Waals surface area contributed by atoms with Gasteiger partial charge < -0.3 is 4.74 Å². The molecule has 0 aromatic heterocycles. The topological polar surface area (TPSA) is 12.5 Å². The summed E-state index contributed by atoms with van der Waals surface area (Å²) in [5.41, 5.74) is 0. The van der Waals surface area contributed by atoms with Gasteiger partial charge >= 0.3 is 0 Å². The molecule has 1 saturated heterocycles. The number of hydrogen-bond acceptors (Lipinski definition) is 2. The molecule has 0 radical (unpaired) electrons. The number of hydrogen-bond donors (Lipinski definition) is 0. The second-order valence-corrected chi connectivity index (χ2v) is 2.74. The largest absolute Gasteiger partial charge is 0.379 e. The van der Waals surface area contributed by atoms with E-state index < -0.39 is 0 Å². The van der Waals surface area contributed by atoms with Crippen molar-refractivity contribution < 1.29 is 4.74 Å². The van der Waals surface area contributed by atoms with Crippen LogP contribution < -0.4 is 0 Å². The molecule has 1 aliphatic rings. The molecule has 11 heavy (non-hydrogen) atoms. The predicted molar refractivity (Wildman–Crippen MR) is 47.4 cm³/mol. The third-order valence-corrected chi connectivity index (χ3v) is 1.78. The SMILES string of the molecule is C#C.CC(C)N1CCOCC1. The average molecular weight is 155 g/mol. The van der Waals surface area contributed by atoms with Gasteiger partial charge in [0.1, 0.15) is 0 Å². The monoisotopic (exact) mass is 155 g/mol. The lowest BCUT2D eigenvalue weighted by Gasteiger charge is -2.29. The maximum atomic E-state index is 5.21. The van der Waals surface area contributed by atoms with Gasteiger partial charge in [0.15, 0.2) is 0 Å². The number of rotatable bonds is 1. The number of nitrogens with zero attached hydrogens (tertiary/aromatic N) is 1. The van der Waals surface area contributed by atoms with Crippen molar-refractivity contribution in [3.8, 4) is 12.8 Å². The third-order valence-electron chi connectivity index (χ3n) is 1.78. The Labute approximate surface area is 69.5 Å². The van der Waals surface area contributed by atoms with Crippen molar-refractivity contribution in [3.63, 3.8) is 0 Å². The molecule has 0 aliphatic carbocycles. The molecule has 0 bridgehead atoms. The summed E-state index contributed by atoms with van der Waals surface area (Å²) >= 11 is 0. The van der Waals surface area contributed by atoms with Gasteiger partial charge in [0.25, 0.3) is 0 Å². The van der Waals surface area contributed by atoms with Crippen molar-refractivity contribution >= 4 is 0 Å². The van der Waals surface area contributed by atoms with Gasteiger partial charge in [0.05, 0.1) is 13.2 Å². The van der Waals surface area contributed by atoms with Gasteiger partial charge in [0.2, 0.25) is 0 Å². The highest BCUT2D eigenvalue weighted by Crippen LogP contribution is 2.01. The molecule has 1 fully saturated rings. The fourth-order valence-electron chi connectivity index (χ4n) is 1.09. The van der Waals surface area contributed by atoms with Crippen LogP contribution in [0.4, 0.5) is 0 Å². The number of morpholine rings is 1. The summed E-state index contributed by atoms with van der Waals surface area (Å²) < 4.78 is 5.21. The van der Waals surface area contributed by atoms with Gasteiger partial charge in [0, 0.05) is 19.1 Å². The van der Waals surface area contributed by atoms with Crippen LogP contribution in [0.15, 0.2) is 0 Å². The van der Waals surface area contributed by atoms with E-state index in [1.165, 1.54) is 0 Å². The Kier molecular flexibility index (Phi) is 5.91. The molecule has 0 saturated carbocycles. The zero-order valence-electron chi connectivity index (χ0n) is 7.42. The first-order chi connectivity index (χ1) is 5.30. The Morgan fingerprint density at radius 2 is 1.64 bits per heavy atom. The van der Waals surface area contributed by atoms with Gasteiger partial charge in [-0.15, -0.1) is 12.8 Å². The first kappa shape index (κ1) is 10.5. The lowest BCUT2D eigenvalue weighted by molar-refractivity contribution is 0.0238. The maximum absolute atomic E-state index is 5.21. The predicted octanol–water partition coefficient (Wildman–Crippen LogP) is 0.976. The minimum Gasteiger partial charge on any atom is -0.379 e. The van der Waals surface area contributed by atoms with Crippen molar-refractivity contribution in [1.82, 2.24) is 4.90 Å². The molecule has 2 nitrogen and oxygen atoms in total. The molecule has 64 valence electrons. The summed E-state index contributed by atoms with van der Waals surface area (Å²) in [4.78, 5) is 2.43. The van der Waals surface area contributed by atoms with E-state index in [2.05, 4.69) is 31.6 Å². The van der Waals surface area contributed by atoms with E-state index in [0.717, 1.165) is 26.3 Å². The average Bonchev–Trinajstić information content (AvgIpc) is 2.10. The Morgan fingerprint density at radius 3 is 1.91 bits per heavy atom. The summed E-state index contributed by atoms with van der Waals surface area (Å²) in [6, 6.07) is 0.689. The van der Waals surface area contributed by atoms with Crippen LogP contribution in [0, 0.1) is 12.8 Å². The second-order valence-electron chi connectivity index (χ2n) is 2.74. The quantitative estimate of drug-likeness (QED) is 0.523. The highest BCUT2D eigenvalue weighted by Gasteiger charge is 2.11. The standard InChI is InChI=1S/C7H15NO.C2H2/c1-7(2)8-3-5-9-6-4-8;1-2/h7H,3-6H2,1-2H3;1-2H. The fraction of sp³-hybridized carbons (Fsp3) is 0.778. The van der Waals surface area contributed by atoms with Crippen LogP contribution in [0.25, 0.3) is 0 Å². The van der Waals surface area contributed by atoms with Gasteiger partial charge in [-0.2, -0.15) is 0 Å². The molecule has 1 heterocycles. The molecule has 0 atom stereocenters. The number of terminal acetylenes is 1. The Morgan fingerprint density at radius 1 is 1.18 bits per heavy atom. The highest BCUT2D eigenvalue weighted by atomic mass is 16.5. The summed E-state index contributed by atoms with van der Waals surface area (Å²) in [6.07, 6.45) is 8.00. The minimum absolute atomic E-state index is 0.689. The minimum atomic E-state index is 0.689. The molecular weight excluding hydrogens is 138 g/mol. The van der Waals surface area contributed by atoms with E-state index in [1.807, 2.05) is 0 Å². The van der Waals surface area contributed by atoms with Crippen molar-refractivity contribution in [1.29, 1.82) is 0 Å². The van der Waals surface area contributed by atoms with E-state index >= 15 is 0 Å². The molecule has 0 aromatic rings. The second kappa shape index (κ2) is 6.21. The molecule has 0 aromatic carbocycles. The molecule has 0 unspecified atom stereocenters. The van der Waals surface area contributed by atoms with Gasteiger partial charge in [-0.25, -0.2) is 0 Å². The molecule has 0 spiro atoms. The Hall–Kier alpha value is -0.520. The first-order valence-corrected chi connectivity index (χ1v) is 3.96. The zero-order chi connectivity index (χ0) is 8.69. The van der Waals surface area contributed by atoms with Crippen LogP contribution in [-0.2, 0) is 4.74 Å². The summed E-state index contributed by atoms with van der Waals surface area (Å²) in [6.45, 7) is 8.50. The van der Waals surface area contributed by atoms with Gasteiger partial charge in [-0.3, -0.25) is 4.90 Å². The van der Waals surface area contributed by atoms with Gasteiger partial charge in [-0.05, 0) is 13.8 Å². The lowest BCUT2D eigenvalue weighted by atomic mass is 10.3. The van der Waals surface area contributed by atoms with E-state index in [9.17, 15) is 0 Å². The normalized spacial score (nSPS) is 19.0. The number of ether oxygens (including phenoxy) is 1. The Balaban J connectivity index is 0.000000461. The lowest BCUT2D eigenvalue weighted by Crippen LogP contribution is -2.40. The van der Waals surface area contributed by atoms with Crippen molar-refractivity contribution in [2.45, 2.75) is 19.9 Å². The van der Waals surface area contributed by atoms with Crippen molar-refractivity contribution in [3.05, 3.63) is 0 Å². The van der Waals surface area contributed by atoms with E-state index in [0.29, 0.717) is 6.04 Å². The highest BCUT2D eigenvalue weighted by molar-refractivity contribution is 4.64. The van der Waals surface area contributed by atoms with Crippen LogP contribution >= 0.6 is 0 Å². The molecule has 1 rings (SSSR count). The van der Waals surface area contributed by atoms with Crippen LogP contribution in [0.1, 0.15) is 13.8 Å². The van der Waals surface area contributed by atoms with Crippen LogP contribution in [0.2, 0.25) is 0 Å². The maximum Gasteiger partial charge on any atom is 0.0594 e. The van der Waals surface area contributed by atoms with E-state index in [4.69, 9.17) is 4.74 Å². The fourth-order valence-corrected chi connectivity index (χ4v) is 1.09. The van der Waals surface area contributed by atoms with Gasteiger partial charge in [-0.1, -0.05) is 0 Å². The van der Waals surface area contributed by atoms with E-state index in [1.54, 1.807) is 0 Å². The summed E-state index contributed by atoms with van der Waals surface area (Å²) in [5, 5.41) is 0. The van der Waals surface area contributed by atoms with Crippen molar-refractivity contribution in [2.75, 3.05) is 26.3 Å². The molecule has 0 N–H and O–H groups in total. The molecular formula is C9H17NO. The smallest absolute Gasteiger partial charge is 0.0594 e. The molecule has 0 amide bonds.